The maximum absolute atomic E-state index is 13.0. The minimum absolute atomic E-state index is 0.144. The smallest absolute Gasteiger partial charge is 0.242 e. The number of carbonyl (C=O) groups is 2. The van der Waals surface area contributed by atoms with Crippen molar-refractivity contribution in [1.82, 2.24) is 15.5 Å². The molecule has 0 bridgehead atoms. The third-order valence-electron chi connectivity index (χ3n) is 4.25. The largest absolute Gasteiger partial charge is 0.369 e. The zero-order valence-corrected chi connectivity index (χ0v) is 14.9. The van der Waals surface area contributed by atoms with Gasteiger partial charge in [-0.15, -0.1) is 0 Å². The van der Waals surface area contributed by atoms with Crippen LogP contribution in [0, 0.1) is 5.82 Å². The van der Waals surface area contributed by atoms with E-state index in [-0.39, 0.29) is 24.2 Å². The maximum atomic E-state index is 13.0. The molecule has 138 valence electrons. The fraction of sp³-hybridized carbons (Fsp3) is 0.556. The van der Waals surface area contributed by atoms with Crippen LogP contribution >= 0.6 is 0 Å². The van der Waals surface area contributed by atoms with E-state index >= 15 is 0 Å². The maximum Gasteiger partial charge on any atom is 0.242 e. The van der Waals surface area contributed by atoms with Gasteiger partial charge < -0.3 is 15.5 Å². The highest BCUT2D eigenvalue weighted by molar-refractivity contribution is 5.87. The Kier molecular flexibility index (Phi) is 7.18. The molecular formula is C18H27FN4O2. The van der Waals surface area contributed by atoms with Crippen molar-refractivity contribution in [2.24, 2.45) is 0 Å². The third kappa shape index (κ3) is 6.01. The van der Waals surface area contributed by atoms with E-state index in [0.717, 1.165) is 38.3 Å². The molecule has 0 radical (unpaired) electrons. The van der Waals surface area contributed by atoms with Crippen LogP contribution in [0.2, 0.25) is 0 Å². The molecular weight excluding hydrogens is 323 g/mol. The van der Waals surface area contributed by atoms with Crippen molar-refractivity contribution in [3.63, 3.8) is 0 Å². The minimum Gasteiger partial charge on any atom is -0.369 e. The number of nitrogens with one attached hydrogen (secondary N) is 2. The molecule has 2 N–H and O–H groups in total. The van der Waals surface area contributed by atoms with Crippen molar-refractivity contribution in [3.05, 3.63) is 30.1 Å². The molecule has 25 heavy (non-hydrogen) atoms. The topological polar surface area (TPSA) is 64.7 Å². The normalized spacial score (nSPS) is 16.4. The van der Waals surface area contributed by atoms with Crippen molar-refractivity contribution < 1.29 is 14.0 Å². The average molecular weight is 350 g/mol. The predicted octanol–water partition coefficient (Wildman–Crippen LogP) is 0.979. The lowest BCUT2D eigenvalue weighted by Gasteiger charge is -2.35. The SMILES string of the molecule is CCCNC(=O)[C@H](C)NC(=O)CN1CCN(c2ccc(F)cc2)CC1. The summed E-state index contributed by atoms with van der Waals surface area (Å²) < 4.78 is 13.0. The molecule has 2 amide bonds. The summed E-state index contributed by atoms with van der Waals surface area (Å²) in [5, 5.41) is 5.51. The Morgan fingerprint density at radius 2 is 1.80 bits per heavy atom. The van der Waals surface area contributed by atoms with Gasteiger partial charge in [-0.2, -0.15) is 0 Å². The summed E-state index contributed by atoms with van der Waals surface area (Å²) in [5.74, 6) is -0.540. The summed E-state index contributed by atoms with van der Waals surface area (Å²) in [5.41, 5.74) is 0.992. The van der Waals surface area contributed by atoms with Crippen LogP contribution in [-0.4, -0.2) is 62.0 Å². The molecule has 1 aromatic rings. The summed E-state index contributed by atoms with van der Waals surface area (Å²) in [6, 6.07) is 5.93. The first-order valence-corrected chi connectivity index (χ1v) is 8.79. The minimum atomic E-state index is -0.528. The number of benzene rings is 1. The molecule has 1 heterocycles. The Morgan fingerprint density at radius 3 is 2.40 bits per heavy atom. The van der Waals surface area contributed by atoms with Crippen LogP contribution in [0.25, 0.3) is 0 Å². The number of anilines is 1. The van der Waals surface area contributed by atoms with Crippen molar-refractivity contribution >= 4 is 17.5 Å². The Hall–Kier alpha value is -2.15. The number of hydrogen-bond donors (Lipinski definition) is 2. The van der Waals surface area contributed by atoms with Crippen molar-refractivity contribution in [2.75, 3.05) is 44.2 Å². The summed E-state index contributed by atoms with van der Waals surface area (Å²) in [7, 11) is 0. The lowest BCUT2D eigenvalue weighted by atomic mass is 10.2. The van der Waals surface area contributed by atoms with Crippen molar-refractivity contribution in [2.45, 2.75) is 26.3 Å². The van der Waals surface area contributed by atoms with Crippen LogP contribution < -0.4 is 15.5 Å². The Bertz CT molecular complexity index is 571. The fourth-order valence-electron chi connectivity index (χ4n) is 2.77. The number of piperazine rings is 1. The highest BCUT2D eigenvalue weighted by Gasteiger charge is 2.21. The van der Waals surface area contributed by atoms with Gasteiger partial charge in [0.05, 0.1) is 6.54 Å². The number of carbonyl (C=O) groups excluding carboxylic acids is 2. The Morgan fingerprint density at radius 1 is 1.16 bits per heavy atom. The van der Waals surface area contributed by atoms with E-state index in [2.05, 4.69) is 20.4 Å². The first-order chi connectivity index (χ1) is 12.0. The standard InChI is InChI=1S/C18H27FN4O2/c1-3-8-20-18(25)14(2)21-17(24)13-22-9-11-23(12-10-22)16-6-4-15(19)5-7-16/h4-7,14H,3,8-13H2,1-2H3,(H,20,25)(H,21,24)/t14-/m0/s1. The first kappa shape index (κ1) is 19.2. The van der Waals surface area contributed by atoms with Crippen LogP contribution in [0.4, 0.5) is 10.1 Å². The molecule has 1 fully saturated rings. The third-order valence-corrected chi connectivity index (χ3v) is 4.25. The summed E-state index contributed by atoms with van der Waals surface area (Å²) in [6.45, 7) is 7.64. The molecule has 0 spiro atoms. The molecule has 2 rings (SSSR count). The van der Waals surface area contributed by atoms with Crippen LogP contribution in [-0.2, 0) is 9.59 Å². The van der Waals surface area contributed by atoms with Crippen LogP contribution in [0.1, 0.15) is 20.3 Å². The number of hydrogen-bond acceptors (Lipinski definition) is 4. The molecule has 1 aliphatic rings. The van der Waals surface area contributed by atoms with Crippen molar-refractivity contribution in [1.29, 1.82) is 0 Å². The predicted molar refractivity (Wildman–Crippen MR) is 96.0 cm³/mol. The molecule has 0 unspecified atom stereocenters. The molecule has 1 aliphatic heterocycles. The van der Waals surface area contributed by atoms with E-state index in [0.29, 0.717) is 6.54 Å². The summed E-state index contributed by atoms with van der Waals surface area (Å²) in [6.07, 6.45) is 0.866. The van der Waals surface area contributed by atoms with Gasteiger partial charge in [0.1, 0.15) is 11.9 Å². The highest BCUT2D eigenvalue weighted by Crippen LogP contribution is 2.16. The van der Waals surface area contributed by atoms with Gasteiger partial charge in [0.15, 0.2) is 0 Å². The molecule has 1 atom stereocenters. The number of amides is 2. The van der Waals surface area contributed by atoms with Crippen LogP contribution in [0.3, 0.4) is 0 Å². The van der Waals surface area contributed by atoms with Gasteiger partial charge >= 0.3 is 0 Å². The first-order valence-electron chi connectivity index (χ1n) is 8.79. The van der Waals surface area contributed by atoms with E-state index < -0.39 is 6.04 Å². The van der Waals surface area contributed by atoms with Gasteiger partial charge in [-0.05, 0) is 37.6 Å². The fourth-order valence-corrected chi connectivity index (χ4v) is 2.77. The van der Waals surface area contributed by atoms with Gasteiger partial charge in [0, 0.05) is 38.4 Å². The molecule has 1 saturated heterocycles. The molecule has 1 aromatic carbocycles. The van der Waals surface area contributed by atoms with E-state index in [1.807, 2.05) is 6.92 Å². The Labute approximate surface area is 148 Å². The zero-order valence-electron chi connectivity index (χ0n) is 14.9. The number of nitrogens with zero attached hydrogens (tertiary/aromatic N) is 2. The number of rotatable bonds is 7. The van der Waals surface area contributed by atoms with Gasteiger partial charge in [0.2, 0.25) is 11.8 Å². The van der Waals surface area contributed by atoms with E-state index in [1.54, 1.807) is 19.1 Å². The van der Waals surface area contributed by atoms with Gasteiger partial charge in [-0.3, -0.25) is 14.5 Å². The molecule has 0 aliphatic carbocycles. The molecule has 0 aromatic heterocycles. The lowest BCUT2D eigenvalue weighted by Crippen LogP contribution is -2.52. The Balaban J connectivity index is 1.73. The summed E-state index contributed by atoms with van der Waals surface area (Å²) in [4.78, 5) is 28.1. The summed E-state index contributed by atoms with van der Waals surface area (Å²) >= 11 is 0. The second kappa shape index (κ2) is 9.36. The average Bonchev–Trinajstić information content (AvgIpc) is 2.61. The van der Waals surface area contributed by atoms with Crippen molar-refractivity contribution in [3.8, 4) is 0 Å². The molecule has 6 nitrogen and oxygen atoms in total. The zero-order chi connectivity index (χ0) is 18.2. The second-order valence-electron chi connectivity index (χ2n) is 6.32. The van der Waals surface area contributed by atoms with Gasteiger partial charge in [-0.1, -0.05) is 6.92 Å². The molecule has 0 saturated carbocycles. The van der Waals surface area contributed by atoms with Gasteiger partial charge in [0.25, 0.3) is 0 Å². The van der Waals surface area contributed by atoms with Gasteiger partial charge in [-0.25, -0.2) is 4.39 Å². The lowest BCUT2D eigenvalue weighted by molar-refractivity contribution is -0.129. The van der Waals surface area contributed by atoms with E-state index in [4.69, 9.17) is 0 Å². The van der Waals surface area contributed by atoms with Crippen LogP contribution in [0.5, 0.6) is 0 Å². The highest BCUT2D eigenvalue weighted by atomic mass is 19.1. The monoisotopic (exact) mass is 350 g/mol. The second-order valence-corrected chi connectivity index (χ2v) is 6.32. The quantitative estimate of drug-likeness (QED) is 0.769. The van der Waals surface area contributed by atoms with Crippen LogP contribution in [0.15, 0.2) is 24.3 Å². The van der Waals surface area contributed by atoms with E-state index in [9.17, 15) is 14.0 Å². The van der Waals surface area contributed by atoms with E-state index in [1.165, 1.54) is 12.1 Å². The molecule has 7 heteroatoms. The number of halogens is 1.